The van der Waals surface area contributed by atoms with Gasteiger partial charge < -0.3 is 7.85 Å². The summed E-state index contributed by atoms with van der Waals surface area (Å²) in [6.45, 7) is 0. The van der Waals surface area contributed by atoms with Crippen LogP contribution >= 0.6 is 9.39 Å². The van der Waals surface area contributed by atoms with Crippen LogP contribution in [0.4, 0.5) is 0 Å². The normalized spacial score (nSPS) is 4.25. The van der Waals surface area contributed by atoms with Gasteiger partial charge in [-0.15, -0.1) is 0 Å². The van der Waals surface area contributed by atoms with Gasteiger partial charge in [-0.3, -0.25) is 0 Å². The summed E-state index contributed by atoms with van der Waals surface area (Å²) >= 11 is 0. The number of nitrogens with one attached hydrogen (secondary N) is 1. The maximum Gasteiger partial charge on any atom is 2.00 e. The van der Waals surface area contributed by atoms with Crippen molar-refractivity contribution in [2.75, 3.05) is 0 Å². The molecule has 0 aromatic rings. The van der Waals surface area contributed by atoms with E-state index >= 15 is 0 Å². The summed E-state index contributed by atoms with van der Waals surface area (Å²) in [6.07, 6.45) is 0. The Morgan fingerprint density at radius 1 is 2.00 bits per heavy atom. The Balaban J connectivity index is -0.00000000667. The van der Waals surface area contributed by atoms with E-state index in [-0.39, 0.29) is 25.9 Å². The third kappa shape index (κ3) is 10.7. The van der Waals surface area contributed by atoms with Crippen LogP contribution in [-0.2, 0) is 0 Å². The van der Waals surface area contributed by atoms with Gasteiger partial charge in [-0.1, -0.05) is 9.39 Å². The molecular weight excluding hydrogens is 80.1 g/mol. The minimum atomic E-state index is 0. The zero-order valence-electron chi connectivity index (χ0n) is 4.36. The minimum absolute atomic E-state index is 0. The molecule has 0 heterocycles. The summed E-state index contributed by atoms with van der Waals surface area (Å²) in [6, 6.07) is 0. The Morgan fingerprint density at radius 3 is 2.00 bits per heavy atom. The van der Waals surface area contributed by atoms with Crippen molar-refractivity contribution < 1.29 is 2.85 Å². The summed E-state index contributed by atoms with van der Waals surface area (Å²) in [5.74, 6) is 0. The smallest absolute Gasteiger partial charge is 1.00 e. The average molecular weight is 85.1 g/mol. The van der Waals surface area contributed by atoms with Crippen LogP contribution in [0.5, 0.6) is 0 Å². The molecule has 0 fully saturated rings. The molecule has 0 aromatic heterocycles. The van der Waals surface area contributed by atoms with Gasteiger partial charge in [-0.2, -0.15) is 0 Å². The van der Waals surface area contributed by atoms with Crippen LogP contribution in [0.3, 0.4) is 0 Å². The summed E-state index contributed by atoms with van der Waals surface area (Å²) in [5.41, 5.74) is 0. The summed E-state index contributed by atoms with van der Waals surface area (Å²) in [7, 11) is 6.67. The van der Waals surface area contributed by atoms with E-state index in [1.807, 2.05) is 0 Å². The second-order valence-electron chi connectivity index (χ2n) is 0.167. The zero-order valence-corrected chi connectivity index (χ0v) is 4.93. The Kier molecular flexibility index (Phi) is 19.9. The molecule has 0 spiro atoms. The second kappa shape index (κ2) is 8.88. The fourth-order valence-electron chi connectivity index (χ4n) is 0. The van der Waals surface area contributed by atoms with E-state index < -0.39 is 0 Å². The fourth-order valence-corrected chi connectivity index (χ4v) is 0. The van der Waals surface area contributed by atoms with Gasteiger partial charge in [0.15, 0.2) is 7.98 Å². The molecule has 1 nitrogen and oxygen atoms in total. The van der Waals surface area contributed by atoms with Crippen LogP contribution < -0.4 is 5.00 Å². The van der Waals surface area contributed by atoms with Crippen molar-refractivity contribution in [1.29, 1.82) is 0 Å². The quantitative estimate of drug-likeness (QED) is 0.303. The van der Waals surface area contributed by atoms with Crippen molar-refractivity contribution >= 4 is 40.4 Å². The van der Waals surface area contributed by atoms with E-state index in [0.717, 1.165) is 0 Å². The summed E-state index contributed by atoms with van der Waals surface area (Å²) in [5, 5.41) is 0. The predicted octanol–water partition coefficient (Wildman–Crippen LogP) is -0.706. The molecule has 0 aliphatic heterocycles. The van der Waals surface area contributed by atoms with Crippen LogP contribution in [0.1, 0.15) is 2.85 Å². The first kappa shape index (κ1) is 8.97. The topological polar surface area (TPSA) is 12.0 Å². The SMILES string of the molecule is [B]NP.[H-].[H-].[Mg+2]. The molecule has 4 heteroatoms. The van der Waals surface area contributed by atoms with Crippen molar-refractivity contribution in [3.05, 3.63) is 0 Å². The van der Waals surface area contributed by atoms with Gasteiger partial charge in [0.1, 0.15) is 0 Å². The molecule has 0 aromatic carbocycles. The maximum absolute atomic E-state index is 4.56. The maximum atomic E-state index is 4.56. The molecule has 0 saturated heterocycles. The van der Waals surface area contributed by atoms with Crippen LogP contribution in [0.25, 0.3) is 0 Å². The average Bonchev–Trinajstić information content (AvgIpc) is 0.918. The van der Waals surface area contributed by atoms with E-state index in [2.05, 4.69) is 22.4 Å². The molecule has 0 amide bonds. The second-order valence-corrected chi connectivity index (χ2v) is 0.500. The number of hydrogen-bond acceptors (Lipinski definition) is 1. The third-order valence-electron chi connectivity index (χ3n) is 0. The molecule has 0 bridgehead atoms. The van der Waals surface area contributed by atoms with Crippen molar-refractivity contribution in [3.63, 3.8) is 0 Å². The van der Waals surface area contributed by atoms with Crippen LogP contribution in [0.2, 0.25) is 0 Å². The van der Waals surface area contributed by atoms with Gasteiger partial charge in [0, 0.05) is 0 Å². The van der Waals surface area contributed by atoms with Gasteiger partial charge in [0.2, 0.25) is 0 Å². The largest absolute Gasteiger partial charge is 2.00 e. The van der Waals surface area contributed by atoms with Crippen LogP contribution in [0.15, 0.2) is 0 Å². The summed E-state index contributed by atoms with van der Waals surface area (Å²) < 4.78 is 0. The molecule has 20 valence electrons. The van der Waals surface area contributed by atoms with E-state index in [1.165, 1.54) is 0 Å². The van der Waals surface area contributed by atoms with Gasteiger partial charge in [-0.25, -0.2) is 0 Å². The third-order valence-corrected chi connectivity index (χ3v) is 0. The Morgan fingerprint density at radius 2 is 2.00 bits per heavy atom. The monoisotopic (exact) mass is 85.0 g/mol. The van der Waals surface area contributed by atoms with E-state index in [1.54, 1.807) is 0 Å². The van der Waals surface area contributed by atoms with Gasteiger partial charge in [-0.05, 0) is 0 Å². The van der Waals surface area contributed by atoms with E-state index in [0.29, 0.717) is 0 Å². The van der Waals surface area contributed by atoms with Crippen molar-refractivity contribution in [2.24, 2.45) is 0 Å². The Hall–Kier alpha value is 1.22. The van der Waals surface area contributed by atoms with Crippen molar-refractivity contribution in [3.8, 4) is 0 Å². The Bertz CT molecular complexity index is 13.5. The fraction of sp³-hybridized carbons (Fsp3) is 0. The number of rotatable bonds is 0. The van der Waals surface area contributed by atoms with Gasteiger partial charge in [0.25, 0.3) is 0 Å². The Labute approximate surface area is 48.7 Å². The van der Waals surface area contributed by atoms with Crippen LogP contribution in [-0.4, -0.2) is 31.0 Å². The molecule has 2 radical (unpaired) electrons. The van der Waals surface area contributed by atoms with Gasteiger partial charge >= 0.3 is 23.1 Å². The molecule has 0 aliphatic carbocycles. The minimum Gasteiger partial charge on any atom is -1.00 e. The molecular formula is H5BMgNP. The first-order valence-corrected chi connectivity index (χ1v) is 1.15. The summed E-state index contributed by atoms with van der Waals surface area (Å²) in [4.78, 5) is 2.17. The first-order valence-electron chi connectivity index (χ1n) is 0.577. The van der Waals surface area contributed by atoms with Crippen molar-refractivity contribution in [2.45, 2.75) is 0 Å². The standard InChI is InChI=1S/BH3NP.Mg.2H/c1-2-3;;;/h2H,3H2;;;/q;+2;2*-1. The molecule has 1 atom stereocenters. The predicted molar refractivity (Wildman–Crippen MR) is 26.6 cm³/mol. The molecule has 0 aliphatic rings. The molecule has 0 rings (SSSR count). The van der Waals surface area contributed by atoms with Crippen molar-refractivity contribution in [1.82, 2.24) is 5.00 Å². The van der Waals surface area contributed by atoms with Gasteiger partial charge in [0.05, 0.1) is 0 Å². The molecule has 4 heavy (non-hydrogen) atoms. The molecule has 1 N–H and O–H groups in total. The van der Waals surface area contributed by atoms with Crippen LogP contribution in [0, 0.1) is 0 Å². The molecule has 0 saturated carbocycles. The van der Waals surface area contributed by atoms with E-state index in [9.17, 15) is 0 Å². The zero-order chi connectivity index (χ0) is 2.71. The number of hydrogen-bond donors (Lipinski definition) is 1. The molecule has 1 unspecified atom stereocenters. The first-order chi connectivity index (χ1) is 1.41. The van der Waals surface area contributed by atoms with E-state index in [4.69, 9.17) is 0 Å².